The van der Waals surface area contributed by atoms with Crippen molar-refractivity contribution in [2.24, 2.45) is 0 Å². The zero-order valence-electron chi connectivity index (χ0n) is 14.3. The van der Waals surface area contributed by atoms with Gasteiger partial charge in [0.25, 0.3) is 5.91 Å². The van der Waals surface area contributed by atoms with Crippen LogP contribution in [0.25, 0.3) is 0 Å². The largest absolute Gasteiger partial charge is 0.484 e. The molecule has 1 aromatic rings. The number of benzene rings is 1. The second-order valence-electron chi connectivity index (χ2n) is 6.04. The Morgan fingerprint density at radius 3 is 2.20 bits per heavy atom. The predicted octanol–water partition coefficient (Wildman–Crippen LogP) is 0.400. The van der Waals surface area contributed by atoms with Crippen molar-refractivity contribution < 1.29 is 23.5 Å². The second-order valence-corrected chi connectivity index (χ2v) is 6.04. The number of hydrogen-bond donors (Lipinski definition) is 1. The number of piperazine rings is 1. The number of nitrogens with one attached hydrogen (secondary N) is 1. The van der Waals surface area contributed by atoms with Crippen molar-refractivity contribution in [3.05, 3.63) is 30.1 Å². The van der Waals surface area contributed by atoms with Crippen LogP contribution in [0.5, 0.6) is 5.75 Å². The van der Waals surface area contributed by atoms with Crippen molar-refractivity contribution in [3.63, 3.8) is 0 Å². The molecule has 1 aromatic carbocycles. The van der Waals surface area contributed by atoms with Crippen molar-refractivity contribution in [1.29, 1.82) is 0 Å². The highest BCUT2D eigenvalue weighted by Gasteiger charge is 2.28. The molecular formula is C17H22FN3O4. The summed E-state index contributed by atoms with van der Waals surface area (Å²) in [7, 11) is 0. The first kappa shape index (κ1) is 18.7. The Kier molecular flexibility index (Phi) is 6.32. The molecule has 0 bridgehead atoms. The van der Waals surface area contributed by atoms with E-state index in [-0.39, 0.29) is 24.4 Å². The summed E-state index contributed by atoms with van der Waals surface area (Å²) in [4.78, 5) is 38.9. The number of carbonyl (C=O) groups excluding carboxylic acids is 3. The summed E-state index contributed by atoms with van der Waals surface area (Å²) < 4.78 is 18.1. The molecule has 1 heterocycles. The van der Waals surface area contributed by atoms with Gasteiger partial charge < -0.3 is 19.9 Å². The van der Waals surface area contributed by atoms with Crippen LogP contribution in [0.15, 0.2) is 24.3 Å². The van der Waals surface area contributed by atoms with Gasteiger partial charge in [0.05, 0.1) is 0 Å². The first-order chi connectivity index (χ1) is 11.9. The number of rotatable bonds is 4. The monoisotopic (exact) mass is 351 g/mol. The number of ether oxygens (including phenoxy) is 1. The van der Waals surface area contributed by atoms with Crippen molar-refractivity contribution in [1.82, 2.24) is 15.1 Å². The molecule has 1 fully saturated rings. The van der Waals surface area contributed by atoms with Crippen LogP contribution in [-0.4, -0.2) is 66.3 Å². The Bertz CT molecular complexity index is 625. The Hall–Kier alpha value is -2.64. The zero-order valence-corrected chi connectivity index (χ0v) is 14.3. The molecule has 0 atom stereocenters. The van der Waals surface area contributed by atoms with E-state index in [1.54, 1.807) is 18.7 Å². The van der Waals surface area contributed by atoms with E-state index < -0.39 is 11.8 Å². The molecule has 0 saturated carbocycles. The van der Waals surface area contributed by atoms with E-state index in [1.807, 2.05) is 0 Å². The predicted molar refractivity (Wildman–Crippen MR) is 88.3 cm³/mol. The average molecular weight is 351 g/mol. The summed E-state index contributed by atoms with van der Waals surface area (Å²) in [5.74, 6) is -1.39. The lowest BCUT2D eigenvalue weighted by molar-refractivity contribution is -0.148. The molecule has 1 aliphatic rings. The Labute approximate surface area is 145 Å². The van der Waals surface area contributed by atoms with Gasteiger partial charge in [-0.25, -0.2) is 4.39 Å². The molecule has 0 aromatic heterocycles. The third kappa shape index (κ3) is 5.44. The minimum atomic E-state index is -0.630. The lowest BCUT2D eigenvalue weighted by Gasteiger charge is -2.34. The van der Waals surface area contributed by atoms with Crippen LogP contribution in [0.1, 0.15) is 13.8 Å². The smallest absolute Gasteiger partial charge is 0.312 e. The van der Waals surface area contributed by atoms with Crippen molar-refractivity contribution in [3.8, 4) is 5.75 Å². The summed E-state index contributed by atoms with van der Waals surface area (Å²) in [5, 5.41) is 2.56. The molecule has 0 unspecified atom stereocenters. The van der Waals surface area contributed by atoms with E-state index in [0.717, 1.165) is 0 Å². The number of hydrogen-bond acceptors (Lipinski definition) is 4. The molecule has 1 saturated heterocycles. The summed E-state index contributed by atoms with van der Waals surface area (Å²) in [6, 6.07) is 5.31. The van der Waals surface area contributed by atoms with Gasteiger partial charge in [-0.05, 0) is 38.1 Å². The number of carbonyl (C=O) groups is 3. The van der Waals surface area contributed by atoms with Crippen molar-refractivity contribution >= 4 is 17.7 Å². The maximum absolute atomic E-state index is 12.8. The maximum atomic E-state index is 12.8. The van der Waals surface area contributed by atoms with Crippen LogP contribution in [0, 0.1) is 5.82 Å². The molecule has 7 nitrogen and oxygen atoms in total. The van der Waals surface area contributed by atoms with Gasteiger partial charge in [-0.15, -0.1) is 0 Å². The number of halogens is 1. The van der Waals surface area contributed by atoms with Gasteiger partial charge >= 0.3 is 11.8 Å². The van der Waals surface area contributed by atoms with E-state index >= 15 is 0 Å². The minimum Gasteiger partial charge on any atom is -0.484 e. The summed E-state index contributed by atoms with van der Waals surface area (Å²) in [6.45, 7) is 4.68. The molecule has 25 heavy (non-hydrogen) atoms. The first-order valence-corrected chi connectivity index (χ1v) is 8.12. The lowest BCUT2D eigenvalue weighted by atomic mass is 10.3. The van der Waals surface area contributed by atoms with Crippen LogP contribution in [0.4, 0.5) is 4.39 Å². The zero-order chi connectivity index (χ0) is 18.4. The second kappa shape index (κ2) is 8.46. The fourth-order valence-electron chi connectivity index (χ4n) is 2.39. The normalized spacial score (nSPS) is 14.4. The molecule has 3 amide bonds. The molecule has 136 valence electrons. The summed E-state index contributed by atoms with van der Waals surface area (Å²) in [5.41, 5.74) is 0. The fraction of sp³-hybridized carbons (Fsp3) is 0.471. The highest BCUT2D eigenvalue weighted by atomic mass is 19.1. The molecule has 8 heteroatoms. The van der Waals surface area contributed by atoms with Crippen LogP contribution >= 0.6 is 0 Å². The third-order valence-corrected chi connectivity index (χ3v) is 3.71. The number of nitrogens with zero attached hydrogens (tertiary/aromatic N) is 2. The maximum Gasteiger partial charge on any atom is 0.312 e. The molecule has 1 N–H and O–H groups in total. The Morgan fingerprint density at radius 1 is 1.08 bits per heavy atom. The van der Waals surface area contributed by atoms with Crippen LogP contribution in [0.2, 0.25) is 0 Å². The SMILES string of the molecule is CC(C)NC(=O)C(=O)N1CCN(C(=O)COc2ccc(F)cc2)CC1. The summed E-state index contributed by atoms with van der Waals surface area (Å²) >= 11 is 0. The van der Waals surface area contributed by atoms with Crippen molar-refractivity contribution in [2.75, 3.05) is 32.8 Å². The fourth-order valence-corrected chi connectivity index (χ4v) is 2.39. The van der Waals surface area contributed by atoms with E-state index in [9.17, 15) is 18.8 Å². The van der Waals surface area contributed by atoms with E-state index in [4.69, 9.17) is 4.74 Å². The Morgan fingerprint density at radius 2 is 1.64 bits per heavy atom. The standard InChI is InChI=1S/C17H22FN3O4/c1-12(2)19-16(23)17(24)21-9-7-20(8-10-21)15(22)11-25-14-5-3-13(18)4-6-14/h3-6,12H,7-11H2,1-2H3,(H,19,23). The topological polar surface area (TPSA) is 79.0 Å². The molecule has 0 aliphatic carbocycles. The Balaban J connectivity index is 1.77. The molecule has 0 radical (unpaired) electrons. The van der Waals surface area contributed by atoms with Gasteiger partial charge in [0.2, 0.25) is 0 Å². The van der Waals surface area contributed by atoms with E-state index in [1.165, 1.54) is 29.2 Å². The molecular weight excluding hydrogens is 329 g/mol. The van der Waals surface area contributed by atoms with E-state index in [0.29, 0.717) is 31.9 Å². The van der Waals surface area contributed by atoms with Crippen molar-refractivity contribution in [2.45, 2.75) is 19.9 Å². The highest BCUT2D eigenvalue weighted by molar-refractivity contribution is 6.35. The average Bonchev–Trinajstić information content (AvgIpc) is 2.60. The minimum absolute atomic E-state index is 0.108. The third-order valence-electron chi connectivity index (χ3n) is 3.71. The van der Waals surface area contributed by atoms with Gasteiger partial charge in [-0.3, -0.25) is 14.4 Å². The lowest BCUT2D eigenvalue weighted by Crippen LogP contribution is -2.55. The van der Waals surface area contributed by atoms with Gasteiger partial charge in [-0.1, -0.05) is 0 Å². The van der Waals surface area contributed by atoms with Gasteiger partial charge in [-0.2, -0.15) is 0 Å². The van der Waals surface area contributed by atoms with Gasteiger partial charge in [0, 0.05) is 32.2 Å². The van der Waals surface area contributed by atoms with Crippen LogP contribution < -0.4 is 10.1 Å². The van der Waals surface area contributed by atoms with Gasteiger partial charge in [0.15, 0.2) is 6.61 Å². The first-order valence-electron chi connectivity index (χ1n) is 8.12. The molecule has 2 rings (SSSR count). The molecule has 0 spiro atoms. The van der Waals surface area contributed by atoms with Gasteiger partial charge in [0.1, 0.15) is 11.6 Å². The van der Waals surface area contributed by atoms with Crippen LogP contribution in [0.3, 0.4) is 0 Å². The summed E-state index contributed by atoms with van der Waals surface area (Å²) in [6.07, 6.45) is 0. The van der Waals surface area contributed by atoms with Crippen LogP contribution in [-0.2, 0) is 14.4 Å². The molecule has 1 aliphatic heterocycles. The highest BCUT2D eigenvalue weighted by Crippen LogP contribution is 2.11. The number of amides is 3. The van der Waals surface area contributed by atoms with E-state index in [2.05, 4.69) is 5.32 Å². The quantitative estimate of drug-likeness (QED) is 0.797.